The number of aromatic nitrogens is 1. The molecule has 102 valence electrons. The highest BCUT2D eigenvalue weighted by Crippen LogP contribution is 2.24. The lowest BCUT2D eigenvalue weighted by Gasteiger charge is -2.13. The number of pyridine rings is 1. The summed E-state index contributed by atoms with van der Waals surface area (Å²) in [5, 5.41) is 19.2. The van der Waals surface area contributed by atoms with Crippen molar-refractivity contribution in [2.45, 2.75) is 20.4 Å². The first kappa shape index (κ1) is 13.6. The summed E-state index contributed by atoms with van der Waals surface area (Å²) in [6.45, 7) is 3.24. The predicted molar refractivity (Wildman–Crippen MR) is 69.6 cm³/mol. The highest BCUT2D eigenvalue weighted by Gasteiger charge is 2.25. The van der Waals surface area contributed by atoms with Crippen molar-refractivity contribution in [3.63, 3.8) is 0 Å². The van der Waals surface area contributed by atoms with E-state index in [9.17, 15) is 14.7 Å². The molecule has 0 aliphatic carbocycles. The molecule has 0 saturated heterocycles. The molecular weight excluding hydrogens is 260 g/mol. The number of nitrogens with zero attached hydrogens (tertiary/aromatic N) is 2. The molecule has 2 aromatic heterocycles. The Morgan fingerprint density at radius 1 is 1.55 bits per heavy atom. The van der Waals surface area contributed by atoms with E-state index < -0.39 is 17.2 Å². The normalized spacial score (nSPS) is 10.2. The van der Waals surface area contributed by atoms with Gasteiger partial charge in [0, 0.05) is 6.54 Å². The number of carbonyl (C=O) groups is 1. The fraction of sp³-hybridized carbons (Fsp3) is 0.214. The first-order valence-electron chi connectivity index (χ1n) is 5.97. The second kappa shape index (κ2) is 5.05. The van der Waals surface area contributed by atoms with E-state index in [0.717, 1.165) is 4.57 Å². The van der Waals surface area contributed by atoms with Gasteiger partial charge in [-0.2, -0.15) is 5.26 Å². The van der Waals surface area contributed by atoms with Gasteiger partial charge in [0.1, 0.15) is 11.6 Å². The monoisotopic (exact) mass is 272 g/mol. The summed E-state index contributed by atoms with van der Waals surface area (Å²) in [6, 6.07) is 4.77. The Morgan fingerprint density at radius 3 is 2.75 bits per heavy atom. The molecule has 0 aliphatic rings. The Hall–Kier alpha value is -2.81. The first-order valence-corrected chi connectivity index (χ1v) is 5.97. The molecule has 2 aromatic rings. The van der Waals surface area contributed by atoms with Crippen molar-refractivity contribution >= 4 is 5.78 Å². The average Bonchev–Trinajstić information content (AvgIpc) is 2.93. The smallest absolute Gasteiger partial charge is 0.271 e. The molecule has 0 radical (unpaired) electrons. The SMILES string of the molecule is CCn1c(O)c(C(=O)c2ccco2)c(C)c(C#N)c1=O. The molecule has 0 unspecified atom stereocenters. The van der Waals surface area contributed by atoms with Gasteiger partial charge in [-0.25, -0.2) is 0 Å². The van der Waals surface area contributed by atoms with Crippen molar-refractivity contribution in [3.05, 3.63) is 51.2 Å². The maximum absolute atomic E-state index is 12.3. The summed E-state index contributed by atoms with van der Waals surface area (Å²) in [5.41, 5.74) is -0.695. The van der Waals surface area contributed by atoms with Gasteiger partial charge in [-0.1, -0.05) is 0 Å². The molecule has 0 amide bonds. The topological polar surface area (TPSA) is 96.2 Å². The summed E-state index contributed by atoms with van der Waals surface area (Å²) < 4.78 is 5.99. The number of nitriles is 1. The van der Waals surface area contributed by atoms with Gasteiger partial charge in [0.25, 0.3) is 5.56 Å². The third-order valence-corrected chi connectivity index (χ3v) is 3.09. The van der Waals surface area contributed by atoms with E-state index in [2.05, 4.69) is 0 Å². The van der Waals surface area contributed by atoms with Crippen LogP contribution in [0.3, 0.4) is 0 Å². The minimum absolute atomic E-state index is 0.0357. The maximum atomic E-state index is 12.3. The van der Waals surface area contributed by atoms with Gasteiger partial charge in [0.15, 0.2) is 5.76 Å². The molecule has 0 aliphatic heterocycles. The molecule has 0 saturated carbocycles. The van der Waals surface area contributed by atoms with Crippen LogP contribution in [0.2, 0.25) is 0 Å². The van der Waals surface area contributed by atoms with Crippen LogP contribution in [0.25, 0.3) is 0 Å². The number of hydrogen-bond donors (Lipinski definition) is 1. The zero-order valence-corrected chi connectivity index (χ0v) is 11.0. The van der Waals surface area contributed by atoms with Crippen LogP contribution in [-0.2, 0) is 6.54 Å². The lowest BCUT2D eigenvalue weighted by atomic mass is 10.0. The number of furan rings is 1. The lowest BCUT2D eigenvalue weighted by molar-refractivity contribution is 0.100. The van der Waals surface area contributed by atoms with Crippen LogP contribution in [0.4, 0.5) is 0 Å². The minimum atomic E-state index is -0.610. The summed E-state index contributed by atoms with van der Waals surface area (Å²) in [7, 11) is 0. The van der Waals surface area contributed by atoms with Crippen LogP contribution in [0.5, 0.6) is 5.88 Å². The third kappa shape index (κ3) is 1.89. The van der Waals surface area contributed by atoms with Gasteiger partial charge in [-0.3, -0.25) is 14.2 Å². The van der Waals surface area contributed by atoms with Crippen molar-refractivity contribution in [3.8, 4) is 11.9 Å². The van der Waals surface area contributed by atoms with Gasteiger partial charge in [0.05, 0.1) is 11.8 Å². The summed E-state index contributed by atoms with van der Waals surface area (Å²) in [4.78, 5) is 24.3. The maximum Gasteiger partial charge on any atom is 0.271 e. The average molecular weight is 272 g/mol. The van der Waals surface area contributed by atoms with E-state index in [1.807, 2.05) is 0 Å². The Kier molecular flexibility index (Phi) is 3.44. The molecule has 0 fully saturated rings. The van der Waals surface area contributed by atoms with Gasteiger partial charge in [-0.05, 0) is 31.5 Å². The van der Waals surface area contributed by atoms with Crippen molar-refractivity contribution in [1.29, 1.82) is 5.26 Å². The van der Waals surface area contributed by atoms with Gasteiger partial charge >= 0.3 is 0 Å². The van der Waals surface area contributed by atoms with Crippen molar-refractivity contribution in [2.75, 3.05) is 0 Å². The van der Waals surface area contributed by atoms with Crippen LogP contribution in [0.1, 0.15) is 34.2 Å². The third-order valence-electron chi connectivity index (χ3n) is 3.09. The minimum Gasteiger partial charge on any atom is -0.494 e. The van der Waals surface area contributed by atoms with Gasteiger partial charge in [-0.15, -0.1) is 0 Å². The Morgan fingerprint density at radius 2 is 2.25 bits per heavy atom. The predicted octanol–water partition coefficient (Wildman–Crippen LogP) is 1.58. The second-order valence-electron chi connectivity index (χ2n) is 4.17. The molecule has 6 nitrogen and oxygen atoms in total. The fourth-order valence-corrected chi connectivity index (χ4v) is 2.05. The van der Waals surface area contributed by atoms with Gasteiger partial charge < -0.3 is 9.52 Å². The highest BCUT2D eigenvalue weighted by molar-refractivity contribution is 6.09. The van der Waals surface area contributed by atoms with Crippen LogP contribution in [0, 0.1) is 18.3 Å². The molecule has 6 heteroatoms. The second-order valence-corrected chi connectivity index (χ2v) is 4.17. The van der Waals surface area contributed by atoms with Crippen LogP contribution < -0.4 is 5.56 Å². The van der Waals surface area contributed by atoms with E-state index in [4.69, 9.17) is 9.68 Å². The van der Waals surface area contributed by atoms with Gasteiger partial charge in [0.2, 0.25) is 11.7 Å². The quantitative estimate of drug-likeness (QED) is 0.855. The van der Waals surface area contributed by atoms with Crippen LogP contribution in [-0.4, -0.2) is 15.5 Å². The number of aromatic hydroxyl groups is 1. The van der Waals surface area contributed by atoms with Crippen LogP contribution in [0.15, 0.2) is 27.6 Å². The molecular formula is C14H12N2O4. The van der Waals surface area contributed by atoms with E-state index in [-0.39, 0.29) is 29.0 Å². The zero-order chi connectivity index (χ0) is 14.9. The van der Waals surface area contributed by atoms with E-state index in [1.54, 1.807) is 19.1 Å². The molecule has 0 spiro atoms. The van der Waals surface area contributed by atoms with Crippen molar-refractivity contribution in [2.24, 2.45) is 0 Å². The van der Waals surface area contributed by atoms with E-state index >= 15 is 0 Å². The fourth-order valence-electron chi connectivity index (χ4n) is 2.05. The first-order chi connectivity index (χ1) is 9.52. The molecule has 2 heterocycles. The van der Waals surface area contributed by atoms with Crippen molar-refractivity contribution in [1.82, 2.24) is 4.57 Å². The highest BCUT2D eigenvalue weighted by atomic mass is 16.3. The molecule has 20 heavy (non-hydrogen) atoms. The summed E-state index contributed by atoms with van der Waals surface area (Å²) in [5.74, 6) is -0.979. The Balaban J connectivity index is 2.80. The van der Waals surface area contributed by atoms with E-state index in [1.165, 1.54) is 19.3 Å². The Bertz CT molecular complexity index is 764. The number of rotatable bonds is 3. The largest absolute Gasteiger partial charge is 0.494 e. The number of carbonyl (C=O) groups excluding carboxylic acids is 1. The molecule has 0 aromatic carbocycles. The molecule has 0 bridgehead atoms. The van der Waals surface area contributed by atoms with Crippen LogP contribution >= 0.6 is 0 Å². The summed E-state index contributed by atoms with van der Waals surface area (Å²) >= 11 is 0. The van der Waals surface area contributed by atoms with E-state index in [0.29, 0.717) is 0 Å². The molecule has 1 N–H and O–H groups in total. The number of ketones is 1. The summed E-state index contributed by atoms with van der Waals surface area (Å²) in [6.07, 6.45) is 1.33. The lowest BCUT2D eigenvalue weighted by Crippen LogP contribution is -2.26. The number of hydrogen-bond acceptors (Lipinski definition) is 5. The van der Waals surface area contributed by atoms with Crippen molar-refractivity contribution < 1.29 is 14.3 Å². The molecule has 2 rings (SSSR count). The standard InChI is InChI=1S/C14H12N2O4/c1-3-16-13(18)9(7-15)8(2)11(14(16)19)12(17)10-5-4-6-20-10/h4-6,19H,3H2,1-2H3. The zero-order valence-electron chi connectivity index (χ0n) is 11.0. The molecule has 0 atom stereocenters. The Labute approximate surface area is 114 Å².